The molecule has 1 aliphatic rings. The van der Waals surface area contributed by atoms with Crippen LogP contribution in [0.3, 0.4) is 0 Å². The zero-order chi connectivity index (χ0) is 20.0. The second-order valence-corrected chi connectivity index (χ2v) is 6.97. The van der Waals surface area contributed by atoms with Crippen LogP contribution < -0.4 is 16.0 Å². The standard InChI is InChI=1S/C20H27N3O4/c1-4-13(3)18(26)21-12-17(25)22-15-8-6-14(7-9-15)20(5-2)11-10-16(24)23-19(20)27/h6-9,13H,4-5,10-12H2,1-3H3,(H,21,26)(H,22,25)(H,23,24,27). The van der Waals surface area contributed by atoms with Gasteiger partial charge in [0.05, 0.1) is 12.0 Å². The molecule has 0 saturated carbocycles. The van der Waals surface area contributed by atoms with Crippen molar-refractivity contribution in [1.29, 1.82) is 0 Å². The fourth-order valence-electron chi connectivity index (χ4n) is 3.17. The van der Waals surface area contributed by atoms with Gasteiger partial charge in [-0.25, -0.2) is 0 Å². The summed E-state index contributed by atoms with van der Waals surface area (Å²) in [6.45, 7) is 5.56. The molecule has 7 heteroatoms. The average Bonchev–Trinajstić information content (AvgIpc) is 2.66. The van der Waals surface area contributed by atoms with E-state index in [2.05, 4.69) is 16.0 Å². The van der Waals surface area contributed by atoms with E-state index >= 15 is 0 Å². The van der Waals surface area contributed by atoms with Crippen LogP contribution in [0.4, 0.5) is 5.69 Å². The molecule has 2 atom stereocenters. The first-order chi connectivity index (χ1) is 12.8. The van der Waals surface area contributed by atoms with Crippen LogP contribution >= 0.6 is 0 Å². The number of hydrogen-bond donors (Lipinski definition) is 3. The molecule has 0 spiro atoms. The third-order valence-corrected chi connectivity index (χ3v) is 5.27. The zero-order valence-electron chi connectivity index (χ0n) is 16.1. The molecule has 1 aromatic rings. The molecule has 0 radical (unpaired) electrons. The van der Waals surface area contributed by atoms with Crippen molar-refractivity contribution in [2.75, 3.05) is 11.9 Å². The van der Waals surface area contributed by atoms with Gasteiger partial charge in [-0.1, -0.05) is 32.9 Å². The quantitative estimate of drug-likeness (QED) is 0.635. The van der Waals surface area contributed by atoms with Crippen molar-refractivity contribution in [2.45, 2.75) is 51.9 Å². The molecule has 27 heavy (non-hydrogen) atoms. The Morgan fingerprint density at radius 2 is 1.85 bits per heavy atom. The highest BCUT2D eigenvalue weighted by molar-refractivity contribution is 6.03. The molecule has 1 saturated heterocycles. The molecule has 0 bridgehead atoms. The van der Waals surface area contributed by atoms with E-state index in [0.29, 0.717) is 31.4 Å². The van der Waals surface area contributed by atoms with Gasteiger partial charge in [0.1, 0.15) is 0 Å². The Balaban J connectivity index is 2.00. The van der Waals surface area contributed by atoms with Crippen molar-refractivity contribution in [2.24, 2.45) is 5.92 Å². The van der Waals surface area contributed by atoms with Crippen molar-refractivity contribution in [3.63, 3.8) is 0 Å². The van der Waals surface area contributed by atoms with Gasteiger partial charge in [0.2, 0.25) is 23.6 Å². The number of carbonyl (C=O) groups excluding carboxylic acids is 4. The van der Waals surface area contributed by atoms with Gasteiger partial charge in [0, 0.05) is 18.0 Å². The molecule has 0 aromatic heterocycles. The summed E-state index contributed by atoms with van der Waals surface area (Å²) in [5.74, 6) is -1.11. The maximum absolute atomic E-state index is 12.4. The van der Waals surface area contributed by atoms with Crippen LogP contribution in [0, 0.1) is 5.92 Å². The number of amides is 4. The van der Waals surface area contributed by atoms with Gasteiger partial charge in [0.15, 0.2) is 0 Å². The zero-order valence-corrected chi connectivity index (χ0v) is 16.1. The fraction of sp³-hybridized carbons (Fsp3) is 0.500. The van der Waals surface area contributed by atoms with Crippen LogP contribution in [-0.4, -0.2) is 30.2 Å². The van der Waals surface area contributed by atoms with E-state index in [1.54, 1.807) is 24.3 Å². The van der Waals surface area contributed by atoms with E-state index < -0.39 is 5.41 Å². The maximum atomic E-state index is 12.4. The van der Waals surface area contributed by atoms with Gasteiger partial charge in [-0.05, 0) is 37.0 Å². The van der Waals surface area contributed by atoms with E-state index in [0.717, 1.165) is 5.56 Å². The van der Waals surface area contributed by atoms with Crippen LogP contribution in [0.25, 0.3) is 0 Å². The van der Waals surface area contributed by atoms with E-state index in [-0.39, 0.29) is 36.1 Å². The minimum Gasteiger partial charge on any atom is -0.347 e. The van der Waals surface area contributed by atoms with Gasteiger partial charge in [-0.2, -0.15) is 0 Å². The van der Waals surface area contributed by atoms with Crippen molar-refractivity contribution in [1.82, 2.24) is 10.6 Å². The normalized spacial score (nSPS) is 20.6. The topological polar surface area (TPSA) is 104 Å². The Kier molecular flexibility index (Phi) is 6.71. The third-order valence-electron chi connectivity index (χ3n) is 5.27. The molecule has 1 fully saturated rings. The van der Waals surface area contributed by atoms with E-state index in [9.17, 15) is 19.2 Å². The first kappa shape index (κ1) is 20.6. The first-order valence-corrected chi connectivity index (χ1v) is 9.34. The summed E-state index contributed by atoms with van der Waals surface area (Å²) in [7, 11) is 0. The number of hydrogen-bond acceptors (Lipinski definition) is 4. The number of rotatable bonds is 7. The lowest BCUT2D eigenvalue weighted by atomic mass is 9.72. The molecule has 1 aromatic carbocycles. The lowest BCUT2D eigenvalue weighted by Crippen LogP contribution is -2.51. The molecule has 4 amide bonds. The van der Waals surface area contributed by atoms with Crippen LogP contribution in [0.1, 0.15) is 52.0 Å². The number of carbonyl (C=O) groups is 4. The van der Waals surface area contributed by atoms with Crippen LogP contribution in [0.15, 0.2) is 24.3 Å². The number of imide groups is 1. The number of nitrogens with one attached hydrogen (secondary N) is 3. The summed E-state index contributed by atoms with van der Waals surface area (Å²) in [5, 5.41) is 7.75. The Morgan fingerprint density at radius 3 is 2.41 bits per heavy atom. The van der Waals surface area contributed by atoms with Crippen LogP contribution in [0.5, 0.6) is 0 Å². The summed E-state index contributed by atoms with van der Waals surface area (Å²) < 4.78 is 0. The first-order valence-electron chi connectivity index (χ1n) is 9.34. The van der Waals surface area contributed by atoms with Gasteiger partial charge in [-0.15, -0.1) is 0 Å². The Bertz CT molecular complexity index is 729. The Morgan fingerprint density at radius 1 is 1.19 bits per heavy atom. The summed E-state index contributed by atoms with van der Waals surface area (Å²) in [6.07, 6.45) is 2.09. The van der Waals surface area contributed by atoms with Gasteiger partial charge < -0.3 is 10.6 Å². The van der Waals surface area contributed by atoms with Crippen molar-refractivity contribution in [3.8, 4) is 0 Å². The highest BCUT2D eigenvalue weighted by Gasteiger charge is 2.42. The number of benzene rings is 1. The number of anilines is 1. The third kappa shape index (κ3) is 4.72. The van der Waals surface area contributed by atoms with Gasteiger partial charge >= 0.3 is 0 Å². The van der Waals surface area contributed by atoms with E-state index in [1.807, 2.05) is 20.8 Å². The second kappa shape index (κ2) is 8.79. The fourth-order valence-corrected chi connectivity index (χ4v) is 3.17. The minimum atomic E-state index is -0.722. The molecule has 7 nitrogen and oxygen atoms in total. The average molecular weight is 373 g/mol. The summed E-state index contributed by atoms with van der Waals surface area (Å²) >= 11 is 0. The maximum Gasteiger partial charge on any atom is 0.243 e. The molecule has 1 aliphatic heterocycles. The SMILES string of the molecule is CCC(C)C(=O)NCC(=O)Nc1ccc(C2(CC)CCC(=O)NC2=O)cc1. The number of piperidine rings is 1. The largest absolute Gasteiger partial charge is 0.347 e. The minimum absolute atomic E-state index is 0.0889. The molecule has 146 valence electrons. The highest BCUT2D eigenvalue weighted by Crippen LogP contribution is 2.36. The van der Waals surface area contributed by atoms with E-state index in [1.165, 1.54) is 0 Å². The molecular weight excluding hydrogens is 346 g/mol. The Hall–Kier alpha value is -2.70. The van der Waals surface area contributed by atoms with Crippen LogP contribution in [-0.2, 0) is 24.6 Å². The smallest absolute Gasteiger partial charge is 0.243 e. The highest BCUT2D eigenvalue weighted by atomic mass is 16.2. The molecular formula is C20H27N3O4. The molecule has 0 aliphatic carbocycles. The monoisotopic (exact) mass is 373 g/mol. The predicted octanol–water partition coefficient (Wildman–Crippen LogP) is 1.87. The van der Waals surface area contributed by atoms with Crippen LogP contribution in [0.2, 0.25) is 0 Å². The second-order valence-electron chi connectivity index (χ2n) is 6.97. The van der Waals surface area contributed by atoms with Crippen molar-refractivity contribution >= 4 is 29.3 Å². The molecule has 1 heterocycles. The summed E-state index contributed by atoms with van der Waals surface area (Å²) in [6, 6.07) is 7.05. The van der Waals surface area contributed by atoms with E-state index in [4.69, 9.17) is 0 Å². The lowest BCUT2D eigenvalue weighted by molar-refractivity contribution is -0.138. The lowest BCUT2D eigenvalue weighted by Gasteiger charge is -2.35. The summed E-state index contributed by atoms with van der Waals surface area (Å²) in [4.78, 5) is 47.6. The molecule has 2 unspecified atom stereocenters. The van der Waals surface area contributed by atoms with Crippen molar-refractivity contribution in [3.05, 3.63) is 29.8 Å². The molecule has 2 rings (SSSR count). The Labute approximate surface area is 159 Å². The van der Waals surface area contributed by atoms with Crippen molar-refractivity contribution < 1.29 is 19.2 Å². The predicted molar refractivity (Wildman–Crippen MR) is 102 cm³/mol. The molecule has 3 N–H and O–H groups in total. The van der Waals surface area contributed by atoms with Gasteiger partial charge in [0.25, 0.3) is 0 Å². The van der Waals surface area contributed by atoms with Gasteiger partial charge in [-0.3, -0.25) is 24.5 Å². The summed E-state index contributed by atoms with van der Waals surface area (Å²) in [5.41, 5.74) is 0.680.